The topological polar surface area (TPSA) is 96.0 Å². The number of non-ortho nitro benzene ring substituents is 1. The number of hydrazone groups is 1. The van der Waals surface area contributed by atoms with E-state index in [-0.39, 0.29) is 17.7 Å². The third-order valence-corrected chi connectivity index (χ3v) is 4.20. The SMILES string of the molecule is CCC1=NN(C(=O)c2ccc([N+](=O)[O-])cc2)[C@](O)(c2ccccc2)C1. The highest BCUT2D eigenvalue weighted by Gasteiger charge is 2.45. The molecule has 1 aliphatic heterocycles. The Balaban J connectivity index is 1.98. The maximum Gasteiger partial charge on any atom is 0.276 e. The summed E-state index contributed by atoms with van der Waals surface area (Å²) in [5.41, 5.74) is -0.167. The lowest BCUT2D eigenvalue weighted by Gasteiger charge is -2.31. The minimum atomic E-state index is -1.56. The Morgan fingerprint density at radius 3 is 2.44 bits per heavy atom. The number of amides is 1. The lowest BCUT2D eigenvalue weighted by Crippen LogP contribution is -2.43. The van der Waals surface area contributed by atoms with E-state index in [9.17, 15) is 20.0 Å². The van der Waals surface area contributed by atoms with Gasteiger partial charge in [-0.3, -0.25) is 14.9 Å². The lowest BCUT2D eigenvalue weighted by atomic mass is 9.96. The molecule has 1 heterocycles. The molecule has 0 radical (unpaired) electrons. The van der Waals surface area contributed by atoms with Crippen LogP contribution in [0.4, 0.5) is 5.69 Å². The summed E-state index contributed by atoms with van der Waals surface area (Å²) in [7, 11) is 0. The number of carbonyl (C=O) groups excluding carboxylic acids is 1. The first-order chi connectivity index (χ1) is 12.0. The Kier molecular flexibility index (Phi) is 4.33. The fraction of sp³-hybridized carbons (Fsp3) is 0.222. The zero-order valence-electron chi connectivity index (χ0n) is 13.6. The summed E-state index contributed by atoms with van der Waals surface area (Å²) >= 11 is 0. The van der Waals surface area contributed by atoms with Crippen LogP contribution in [0.1, 0.15) is 35.7 Å². The molecule has 1 atom stereocenters. The van der Waals surface area contributed by atoms with Gasteiger partial charge < -0.3 is 5.11 Å². The summed E-state index contributed by atoms with van der Waals surface area (Å²) in [6.45, 7) is 1.91. The second-order valence-corrected chi connectivity index (χ2v) is 5.80. The Bertz CT molecular complexity index is 833. The zero-order valence-corrected chi connectivity index (χ0v) is 13.6. The first-order valence-corrected chi connectivity index (χ1v) is 7.89. The smallest absolute Gasteiger partial charge is 0.276 e. The molecule has 0 saturated heterocycles. The number of nitro groups is 1. The fourth-order valence-electron chi connectivity index (χ4n) is 2.81. The molecule has 1 aliphatic rings. The Labute approximate surface area is 144 Å². The van der Waals surface area contributed by atoms with Gasteiger partial charge in [-0.2, -0.15) is 10.1 Å². The molecule has 0 fully saturated rings. The van der Waals surface area contributed by atoms with Gasteiger partial charge in [0, 0.05) is 35.4 Å². The molecule has 0 spiro atoms. The molecular weight excluding hydrogens is 322 g/mol. The highest BCUT2D eigenvalue weighted by Crippen LogP contribution is 2.37. The normalized spacial score (nSPS) is 19.6. The van der Waals surface area contributed by atoms with E-state index < -0.39 is 16.6 Å². The van der Waals surface area contributed by atoms with E-state index >= 15 is 0 Å². The Morgan fingerprint density at radius 1 is 1.24 bits per heavy atom. The minimum absolute atomic E-state index is 0.103. The van der Waals surface area contributed by atoms with Crippen molar-refractivity contribution in [3.63, 3.8) is 0 Å². The van der Waals surface area contributed by atoms with Crippen molar-refractivity contribution in [2.75, 3.05) is 0 Å². The first-order valence-electron chi connectivity index (χ1n) is 7.89. The highest BCUT2D eigenvalue weighted by molar-refractivity contribution is 5.98. The maximum atomic E-state index is 12.9. The largest absolute Gasteiger partial charge is 0.365 e. The molecule has 2 aromatic rings. The fourth-order valence-corrected chi connectivity index (χ4v) is 2.81. The van der Waals surface area contributed by atoms with Crippen molar-refractivity contribution in [3.05, 3.63) is 75.8 Å². The highest BCUT2D eigenvalue weighted by atomic mass is 16.6. The number of nitro benzene ring substituents is 1. The van der Waals surface area contributed by atoms with E-state index in [4.69, 9.17) is 0 Å². The summed E-state index contributed by atoms with van der Waals surface area (Å²) < 4.78 is 0. The van der Waals surface area contributed by atoms with Gasteiger partial charge in [-0.15, -0.1) is 0 Å². The van der Waals surface area contributed by atoms with Crippen LogP contribution in [0.3, 0.4) is 0 Å². The number of benzene rings is 2. The van der Waals surface area contributed by atoms with Crippen molar-refractivity contribution in [1.29, 1.82) is 0 Å². The van der Waals surface area contributed by atoms with Crippen LogP contribution in [0.25, 0.3) is 0 Å². The number of rotatable bonds is 4. The summed E-state index contributed by atoms with van der Waals surface area (Å²) in [5.74, 6) is -0.510. The van der Waals surface area contributed by atoms with Crippen LogP contribution in [0.15, 0.2) is 59.7 Å². The molecule has 25 heavy (non-hydrogen) atoms. The van der Waals surface area contributed by atoms with E-state index in [0.29, 0.717) is 17.7 Å². The van der Waals surface area contributed by atoms with E-state index in [1.807, 2.05) is 13.0 Å². The number of hydrogen-bond donors (Lipinski definition) is 1. The van der Waals surface area contributed by atoms with Gasteiger partial charge in [0.25, 0.3) is 11.6 Å². The average Bonchev–Trinajstić information content (AvgIpc) is 3.00. The quantitative estimate of drug-likeness (QED) is 0.684. The van der Waals surface area contributed by atoms with Gasteiger partial charge in [0.05, 0.1) is 4.92 Å². The Morgan fingerprint density at radius 2 is 1.88 bits per heavy atom. The standard InChI is InChI=1S/C18H17N3O4/c1-2-15-12-18(23,14-6-4-3-5-7-14)20(19-15)17(22)13-8-10-16(11-9-13)21(24)25/h3-11,23H,2,12H2,1H3/t18-/m1/s1. The summed E-state index contributed by atoms with van der Waals surface area (Å²) in [5, 5.41) is 27.3. The average molecular weight is 339 g/mol. The van der Waals surface area contributed by atoms with Crippen LogP contribution in [0, 0.1) is 10.1 Å². The van der Waals surface area contributed by atoms with E-state index in [0.717, 1.165) is 5.01 Å². The summed E-state index contributed by atoms with van der Waals surface area (Å²) in [6, 6.07) is 14.1. The van der Waals surface area contributed by atoms with Gasteiger partial charge in [0.2, 0.25) is 0 Å². The third kappa shape index (κ3) is 3.01. The van der Waals surface area contributed by atoms with Gasteiger partial charge in [0.1, 0.15) is 0 Å². The summed E-state index contributed by atoms with van der Waals surface area (Å²) in [4.78, 5) is 23.1. The van der Waals surface area contributed by atoms with Crippen LogP contribution < -0.4 is 0 Å². The first kappa shape index (κ1) is 16.8. The number of nitrogens with zero attached hydrogens (tertiary/aromatic N) is 3. The zero-order chi connectivity index (χ0) is 18.0. The van der Waals surface area contributed by atoms with E-state index in [1.165, 1.54) is 24.3 Å². The van der Waals surface area contributed by atoms with E-state index in [2.05, 4.69) is 5.10 Å². The predicted molar refractivity (Wildman–Crippen MR) is 91.9 cm³/mol. The van der Waals surface area contributed by atoms with Crippen molar-refractivity contribution in [1.82, 2.24) is 5.01 Å². The van der Waals surface area contributed by atoms with Crippen molar-refractivity contribution in [2.45, 2.75) is 25.5 Å². The predicted octanol–water partition coefficient (Wildman–Crippen LogP) is 3.05. The molecule has 7 nitrogen and oxygen atoms in total. The van der Waals surface area contributed by atoms with Crippen LogP contribution in [0.5, 0.6) is 0 Å². The number of aliphatic hydroxyl groups is 1. The van der Waals surface area contributed by atoms with Gasteiger partial charge in [-0.25, -0.2) is 0 Å². The second-order valence-electron chi connectivity index (χ2n) is 5.80. The molecule has 7 heteroatoms. The second kappa shape index (κ2) is 6.45. The van der Waals surface area contributed by atoms with Crippen molar-refractivity contribution in [3.8, 4) is 0 Å². The summed E-state index contributed by atoms with van der Waals surface area (Å²) in [6.07, 6.45) is 0.839. The molecule has 1 amide bonds. The van der Waals surface area contributed by atoms with Gasteiger partial charge in [0.15, 0.2) is 5.72 Å². The number of hydrogen-bond acceptors (Lipinski definition) is 5. The molecular formula is C18H17N3O4. The molecule has 2 aromatic carbocycles. The maximum absolute atomic E-state index is 12.9. The molecule has 0 saturated carbocycles. The molecule has 1 N–H and O–H groups in total. The molecule has 0 aromatic heterocycles. The van der Waals surface area contributed by atoms with Crippen LogP contribution in [0.2, 0.25) is 0 Å². The van der Waals surface area contributed by atoms with Gasteiger partial charge in [-0.1, -0.05) is 37.3 Å². The van der Waals surface area contributed by atoms with Crippen molar-refractivity contribution in [2.24, 2.45) is 5.10 Å². The van der Waals surface area contributed by atoms with Crippen molar-refractivity contribution < 1.29 is 14.8 Å². The van der Waals surface area contributed by atoms with Crippen LogP contribution >= 0.6 is 0 Å². The van der Waals surface area contributed by atoms with Crippen molar-refractivity contribution >= 4 is 17.3 Å². The molecule has 3 rings (SSSR count). The van der Waals surface area contributed by atoms with Gasteiger partial charge in [-0.05, 0) is 18.6 Å². The van der Waals surface area contributed by atoms with E-state index in [1.54, 1.807) is 24.3 Å². The molecule has 0 bridgehead atoms. The third-order valence-electron chi connectivity index (χ3n) is 4.20. The molecule has 128 valence electrons. The minimum Gasteiger partial charge on any atom is -0.365 e. The van der Waals surface area contributed by atoms with Gasteiger partial charge >= 0.3 is 0 Å². The molecule has 0 unspecified atom stereocenters. The molecule has 0 aliphatic carbocycles. The lowest BCUT2D eigenvalue weighted by molar-refractivity contribution is -0.384. The van der Waals surface area contributed by atoms with Crippen LogP contribution in [-0.4, -0.2) is 26.7 Å². The number of carbonyl (C=O) groups is 1. The Hall–Kier alpha value is -3.06. The van der Waals surface area contributed by atoms with Crippen LogP contribution in [-0.2, 0) is 5.72 Å². The monoisotopic (exact) mass is 339 g/mol.